The number of nitrogens with one attached hydrogen (secondary N) is 1. The predicted molar refractivity (Wildman–Crippen MR) is 131 cm³/mol. The topological polar surface area (TPSA) is 86.3 Å². The van der Waals surface area contributed by atoms with Gasteiger partial charge < -0.3 is 18.9 Å². The van der Waals surface area contributed by atoms with E-state index in [1.165, 1.54) is 18.2 Å². The van der Waals surface area contributed by atoms with Crippen LogP contribution >= 0.6 is 0 Å². The van der Waals surface area contributed by atoms with E-state index in [9.17, 15) is 9.59 Å². The lowest BCUT2D eigenvalue weighted by Gasteiger charge is -2.14. The summed E-state index contributed by atoms with van der Waals surface area (Å²) >= 11 is 0. The summed E-state index contributed by atoms with van der Waals surface area (Å²) in [5.74, 6) is 0.932. The van der Waals surface area contributed by atoms with Gasteiger partial charge in [0.1, 0.15) is 24.5 Å². The number of para-hydroxylation sites is 2. The molecule has 0 aromatic heterocycles. The summed E-state index contributed by atoms with van der Waals surface area (Å²) in [6, 6.07) is 23.7. The van der Waals surface area contributed by atoms with Crippen LogP contribution in [0.15, 0.2) is 84.4 Å². The molecule has 0 bridgehead atoms. The summed E-state index contributed by atoms with van der Waals surface area (Å²) in [7, 11) is 1.53. The van der Waals surface area contributed by atoms with Gasteiger partial charge in [-0.1, -0.05) is 42.5 Å². The maximum Gasteiger partial charge on any atom is 0.282 e. The molecular formula is C27H26N2O6. The van der Waals surface area contributed by atoms with Crippen LogP contribution in [-0.2, 0) is 14.3 Å². The Bertz CT molecular complexity index is 1180. The molecule has 0 aliphatic carbocycles. The van der Waals surface area contributed by atoms with Gasteiger partial charge in [-0.15, -0.1) is 0 Å². The standard InChI is InChI=1S/C27H26N2O6/c1-32-25-19-20(18-23-26(30)28-29(27(23)31)21-8-4-2-5-9-21)12-13-24(25)35-17-15-33-14-16-34-22-10-6-3-7-11-22/h2-13,18-19H,14-17H2,1H3,(H,28,30). The van der Waals surface area contributed by atoms with Gasteiger partial charge >= 0.3 is 0 Å². The van der Waals surface area contributed by atoms with Crippen molar-refractivity contribution in [1.82, 2.24) is 5.43 Å². The lowest BCUT2D eigenvalue weighted by molar-refractivity contribution is -0.117. The van der Waals surface area contributed by atoms with Gasteiger partial charge in [-0.05, 0) is 48.0 Å². The molecule has 1 aliphatic heterocycles. The molecule has 0 radical (unpaired) electrons. The number of benzene rings is 3. The number of carbonyl (C=O) groups is 2. The Labute approximate surface area is 203 Å². The van der Waals surface area contributed by atoms with E-state index in [4.69, 9.17) is 18.9 Å². The molecule has 8 nitrogen and oxygen atoms in total. The second-order valence-electron chi connectivity index (χ2n) is 7.51. The van der Waals surface area contributed by atoms with Gasteiger partial charge in [-0.3, -0.25) is 15.0 Å². The van der Waals surface area contributed by atoms with Crippen molar-refractivity contribution in [2.75, 3.05) is 38.5 Å². The fraction of sp³-hybridized carbons (Fsp3) is 0.185. The van der Waals surface area contributed by atoms with Crippen molar-refractivity contribution in [2.45, 2.75) is 0 Å². The first-order valence-corrected chi connectivity index (χ1v) is 11.1. The molecule has 0 saturated carbocycles. The monoisotopic (exact) mass is 474 g/mol. The molecule has 2 amide bonds. The number of anilines is 1. The minimum absolute atomic E-state index is 0.0377. The number of hydrazine groups is 1. The van der Waals surface area contributed by atoms with Crippen molar-refractivity contribution in [2.24, 2.45) is 0 Å². The van der Waals surface area contributed by atoms with E-state index >= 15 is 0 Å². The molecule has 8 heteroatoms. The molecule has 1 aliphatic rings. The molecule has 4 rings (SSSR count). The Hall–Kier alpha value is -4.30. The average molecular weight is 475 g/mol. The van der Waals surface area contributed by atoms with Gasteiger partial charge in [0.05, 0.1) is 26.0 Å². The van der Waals surface area contributed by atoms with Crippen LogP contribution in [-0.4, -0.2) is 45.4 Å². The molecule has 1 N–H and O–H groups in total. The highest BCUT2D eigenvalue weighted by Gasteiger charge is 2.34. The van der Waals surface area contributed by atoms with Gasteiger partial charge in [0.25, 0.3) is 11.8 Å². The van der Waals surface area contributed by atoms with Crippen molar-refractivity contribution >= 4 is 23.6 Å². The Morgan fingerprint density at radius 1 is 0.800 bits per heavy atom. The minimum atomic E-state index is -0.466. The molecule has 3 aromatic carbocycles. The van der Waals surface area contributed by atoms with Crippen LogP contribution in [0, 0.1) is 0 Å². The summed E-state index contributed by atoms with van der Waals surface area (Å²) in [4.78, 5) is 25.2. The van der Waals surface area contributed by atoms with Crippen LogP contribution in [0.25, 0.3) is 6.08 Å². The molecule has 35 heavy (non-hydrogen) atoms. The Morgan fingerprint density at radius 3 is 2.20 bits per heavy atom. The SMILES string of the molecule is COc1cc(C=C2C(=O)NN(c3ccccc3)C2=O)ccc1OCCOCCOc1ccccc1. The first-order chi connectivity index (χ1) is 17.2. The van der Waals surface area contributed by atoms with E-state index in [1.54, 1.807) is 42.5 Å². The largest absolute Gasteiger partial charge is 0.493 e. The number of hydrogen-bond donors (Lipinski definition) is 1. The molecule has 0 atom stereocenters. The van der Waals surface area contributed by atoms with E-state index < -0.39 is 11.8 Å². The average Bonchev–Trinajstić information content (AvgIpc) is 3.18. The highest BCUT2D eigenvalue weighted by atomic mass is 16.6. The Morgan fingerprint density at radius 2 is 1.49 bits per heavy atom. The van der Waals surface area contributed by atoms with Gasteiger partial charge in [0, 0.05) is 0 Å². The molecule has 0 spiro atoms. The summed E-state index contributed by atoms with van der Waals surface area (Å²) in [6.45, 7) is 1.61. The summed E-state index contributed by atoms with van der Waals surface area (Å²) in [5.41, 5.74) is 3.85. The second-order valence-corrected chi connectivity index (χ2v) is 7.51. The van der Waals surface area contributed by atoms with Crippen molar-refractivity contribution in [3.8, 4) is 17.2 Å². The zero-order chi connectivity index (χ0) is 24.5. The maximum absolute atomic E-state index is 12.8. The fourth-order valence-electron chi connectivity index (χ4n) is 3.42. The van der Waals surface area contributed by atoms with E-state index in [-0.39, 0.29) is 5.57 Å². The van der Waals surface area contributed by atoms with Gasteiger partial charge in [0.15, 0.2) is 11.5 Å². The van der Waals surface area contributed by atoms with E-state index in [1.807, 2.05) is 36.4 Å². The maximum atomic E-state index is 12.8. The number of nitrogens with zero attached hydrogens (tertiary/aromatic N) is 1. The van der Waals surface area contributed by atoms with Crippen molar-refractivity contribution in [3.05, 3.63) is 90.0 Å². The molecule has 3 aromatic rings. The number of amides is 2. The third-order valence-electron chi connectivity index (χ3n) is 5.13. The predicted octanol–water partition coefficient (Wildman–Crippen LogP) is 3.63. The van der Waals surface area contributed by atoms with Crippen molar-refractivity contribution in [1.29, 1.82) is 0 Å². The first kappa shape index (κ1) is 23.8. The quantitative estimate of drug-likeness (QED) is 0.260. The van der Waals surface area contributed by atoms with Crippen LogP contribution < -0.4 is 24.6 Å². The van der Waals surface area contributed by atoms with Gasteiger partial charge in [-0.25, -0.2) is 5.01 Å². The van der Waals surface area contributed by atoms with Crippen LogP contribution in [0.5, 0.6) is 17.2 Å². The third-order valence-corrected chi connectivity index (χ3v) is 5.13. The lowest BCUT2D eigenvalue weighted by atomic mass is 10.1. The van der Waals surface area contributed by atoms with E-state index in [0.717, 1.165) is 5.75 Å². The lowest BCUT2D eigenvalue weighted by Crippen LogP contribution is -2.35. The molecular weight excluding hydrogens is 448 g/mol. The number of methoxy groups -OCH3 is 1. The fourth-order valence-corrected chi connectivity index (χ4v) is 3.42. The second kappa shape index (κ2) is 11.7. The summed E-state index contributed by atoms with van der Waals surface area (Å²) in [5, 5.41) is 1.23. The first-order valence-electron chi connectivity index (χ1n) is 11.1. The van der Waals surface area contributed by atoms with Gasteiger partial charge in [0.2, 0.25) is 0 Å². The van der Waals surface area contributed by atoms with E-state index in [2.05, 4.69) is 5.43 Å². The zero-order valence-corrected chi connectivity index (χ0v) is 19.3. The molecule has 1 fully saturated rings. The highest BCUT2D eigenvalue weighted by Crippen LogP contribution is 2.30. The number of rotatable bonds is 11. The molecule has 0 unspecified atom stereocenters. The molecule has 180 valence electrons. The summed E-state index contributed by atoms with van der Waals surface area (Å²) in [6.07, 6.45) is 1.53. The molecule has 1 heterocycles. The van der Waals surface area contributed by atoms with Crippen molar-refractivity contribution < 1.29 is 28.5 Å². The van der Waals surface area contributed by atoms with Crippen LogP contribution in [0.2, 0.25) is 0 Å². The van der Waals surface area contributed by atoms with Gasteiger partial charge in [-0.2, -0.15) is 0 Å². The third kappa shape index (κ3) is 6.18. The normalized spacial score (nSPS) is 14.2. The summed E-state index contributed by atoms with van der Waals surface area (Å²) < 4.78 is 22.3. The molecule has 1 saturated heterocycles. The Kier molecular flexibility index (Phi) is 7.98. The van der Waals surface area contributed by atoms with Crippen LogP contribution in [0.4, 0.5) is 5.69 Å². The van der Waals surface area contributed by atoms with Crippen LogP contribution in [0.3, 0.4) is 0 Å². The highest BCUT2D eigenvalue weighted by molar-refractivity contribution is 6.31. The van der Waals surface area contributed by atoms with Crippen molar-refractivity contribution in [3.63, 3.8) is 0 Å². The number of carbonyl (C=O) groups excluding carboxylic acids is 2. The number of hydrogen-bond acceptors (Lipinski definition) is 6. The van der Waals surface area contributed by atoms with Crippen LogP contribution in [0.1, 0.15) is 5.56 Å². The number of ether oxygens (including phenoxy) is 4. The zero-order valence-electron chi connectivity index (χ0n) is 19.3. The smallest absolute Gasteiger partial charge is 0.282 e. The minimum Gasteiger partial charge on any atom is -0.493 e. The Balaban J connectivity index is 1.30. The van der Waals surface area contributed by atoms with E-state index in [0.29, 0.717) is 49.2 Å².